The van der Waals surface area contributed by atoms with Gasteiger partial charge < -0.3 is 9.47 Å². The fraction of sp³-hybridized carbons (Fsp3) is 0.280. The molecule has 1 atom stereocenters. The standard InChI is InChI=1S/C25H23N3O5S/c1-14-21(15-5-8-17(32-2)9-6-15)26-25(34-14)27-22(29)16-7-10-19-20(12-16)24(31)28(23(19)30)13-18-4-3-11-33-18/h5-10,12,18H,3-4,11,13H2,1-2H3,(H,26,27,29). The summed E-state index contributed by atoms with van der Waals surface area (Å²) in [6, 6.07) is 12.1. The summed E-state index contributed by atoms with van der Waals surface area (Å²) >= 11 is 1.37. The summed E-state index contributed by atoms with van der Waals surface area (Å²) in [4.78, 5) is 45.3. The quantitative estimate of drug-likeness (QED) is 0.536. The first-order valence-corrected chi connectivity index (χ1v) is 11.8. The number of ether oxygens (including phenoxy) is 2. The lowest BCUT2D eigenvalue weighted by Gasteiger charge is -2.17. The Morgan fingerprint density at radius 2 is 1.94 bits per heavy atom. The van der Waals surface area contributed by atoms with E-state index < -0.39 is 11.8 Å². The predicted octanol–water partition coefficient (Wildman–Crippen LogP) is 4.15. The molecule has 5 rings (SSSR count). The molecule has 0 aliphatic carbocycles. The van der Waals surface area contributed by atoms with Crippen molar-refractivity contribution >= 4 is 34.2 Å². The highest BCUT2D eigenvalue weighted by atomic mass is 32.1. The lowest BCUT2D eigenvalue weighted by atomic mass is 10.1. The number of methoxy groups -OCH3 is 1. The summed E-state index contributed by atoms with van der Waals surface area (Å²) in [6.45, 7) is 2.82. The summed E-state index contributed by atoms with van der Waals surface area (Å²) in [5, 5.41) is 3.27. The van der Waals surface area contributed by atoms with Gasteiger partial charge in [0.1, 0.15) is 5.75 Å². The average molecular weight is 478 g/mol. The van der Waals surface area contributed by atoms with Crippen LogP contribution in [0.25, 0.3) is 11.3 Å². The number of hydrogen-bond donors (Lipinski definition) is 1. The van der Waals surface area contributed by atoms with Gasteiger partial charge in [-0.2, -0.15) is 0 Å². The SMILES string of the molecule is COc1ccc(-c2nc(NC(=O)c3ccc4c(c3)C(=O)N(CC3CCCO3)C4=O)sc2C)cc1. The van der Waals surface area contributed by atoms with Gasteiger partial charge in [0, 0.05) is 22.6 Å². The van der Waals surface area contributed by atoms with Crippen LogP contribution in [0.15, 0.2) is 42.5 Å². The van der Waals surface area contributed by atoms with Crippen LogP contribution in [0.2, 0.25) is 0 Å². The molecule has 3 heterocycles. The first kappa shape index (κ1) is 22.2. The summed E-state index contributed by atoms with van der Waals surface area (Å²) in [5.74, 6) is -0.376. The third-order valence-corrected chi connectivity index (χ3v) is 6.91. The van der Waals surface area contributed by atoms with Gasteiger partial charge in [-0.1, -0.05) is 0 Å². The highest BCUT2D eigenvalue weighted by Gasteiger charge is 2.38. The van der Waals surface area contributed by atoms with Crippen LogP contribution in [0.3, 0.4) is 0 Å². The molecule has 8 nitrogen and oxygen atoms in total. The maximum Gasteiger partial charge on any atom is 0.261 e. The molecule has 0 radical (unpaired) electrons. The van der Waals surface area contributed by atoms with Gasteiger partial charge in [0.05, 0.1) is 36.6 Å². The monoisotopic (exact) mass is 477 g/mol. The Morgan fingerprint density at radius 1 is 1.18 bits per heavy atom. The van der Waals surface area contributed by atoms with Crippen LogP contribution in [0, 0.1) is 6.92 Å². The second-order valence-electron chi connectivity index (χ2n) is 8.22. The maximum atomic E-state index is 12.9. The van der Waals surface area contributed by atoms with Gasteiger partial charge in [-0.25, -0.2) is 4.98 Å². The van der Waals surface area contributed by atoms with Crippen molar-refractivity contribution in [3.05, 3.63) is 64.0 Å². The van der Waals surface area contributed by atoms with Crippen LogP contribution >= 0.6 is 11.3 Å². The normalized spacial score (nSPS) is 17.2. The number of thiazole rings is 1. The van der Waals surface area contributed by atoms with Crippen molar-refractivity contribution in [1.82, 2.24) is 9.88 Å². The minimum Gasteiger partial charge on any atom is -0.497 e. The molecule has 3 aromatic rings. The van der Waals surface area contributed by atoms with Crippen molar-refractivity contribution in [2.75, 3.05) is 25.6 Å². The number of anilines is 1. The van der Waals surface area contributed by atoms with Crippen LogP contribution < -0.4 is 10.1 Å². The van der Waals surface area contributed by atoms with E-state index in [4.69, 9.17) is 9.47 Å². The molecular weight excluding hydrogens is 454 g/mol. The van der Waals surface area contributed by atoms with Gasteiger partial charge in [-0.05, 0) is 62.2 Å². The molecule has 1 unspecified atom stereocenters. The van der Waals surface area contributed by atoms with Crippen LogP contribution in [-0.2, 0) is 4.74 Å². The molecule has 2 aromatic carbocycles. The van der Waals surface area contributed by atoms with E-state index in [9.17, 15) is 14.4 Å². The van der Waals surface area contributed by atoms with Crippen molar-refractivity contribution in [3.8, 4) is 17.0 Å². The van der Waals surface area contributed by atoms with Crippen molar-refractivity contribution < 1.29 is 23.9 Å². The first-order chi connectivity index (χ1) is 16.4. The summed E-state index contributed by atoms with van der Waals surface area (Å²) < 4.78 is 10.8. The van der Waals surface area contributed by atoms with Gasteiger partial charge >= 0.3 is 0 Å². The van der Waals surface area contributed by atoms with Crippen molar-refractivity contribution in [1.29, 1.82) is 0 Å². The second-order valence-corrected chi connectivity index (χ2v) is 9.43. The molecule has 1 saturated heterocycles. The maximum absolute atomic E-state index is 12.9. The van der Waals surface area contributed by atoms with Gasteiger partial charge in [-0.3, -0.25) is 24.6 Å². The minimum absolute atomic E-state index is 0.127. The molecule has 0 bridgehead atoms. The number of nitrogens with zero attached hydrogens (tertiary/aromatic N) is 2. The summed E-state index contributed by atoms with van der Waals surface area (Å²) in [5.41, 5.74) is 2.54. The Hall–Kier alpha value is -3.56. The van der Waals surface area contributed by atoms with Gasteiger partial charge in [0.2, 0.25) is 0 Å². The Bertz CT molecular complexity index is 1280. The molecule has 2 aliphatic heterocycles. The van der Waals surface area contributed by atoms with E-state index in [1.807, 2.05) is 31.2 Å². The smallest absolute Gasteiger partial charge is 0.261 e. The largest absolute Gasteiger partial charge is 0.497 e. The molecule has 1 fully saturated rings. The zero-order valence-electron chi connectivity index (χ0n) is 18.8. The van der Waals surface area contributed by atoms with E-state index in [0.29, 0.717) is 17.3 Å². The molecule has 34 heavy (non-hydrogen) atoms. The molecule has 174 valence electrons. The molecule has 0 spiro atoms. The summed E-state index contributed by atoms with van der Waals surface area (Å²) in [6.07, 6.45) is 1.62. The number of rotatable bonds is 6. The van der Waals surface area contributed by atoms with Crippen molar-refractivity contribution in [2.45, 2.75) is 25.9 Å². The fourth-order valence-electron chi connectivity index (χ4n) is 4.23. The highest BCUT2D eigenvalue weighted by molar-refractivity contribution is 7.16. The number of fused-ring (bicyclic) bond motifs is 1. The number of aryl methyl sites for hydroxylation is 1. The number of imide groups is 1. The topological polar surface area (TPSA) is 97.8 Å². The average Bonchev–Trinajstić information content (AvgIpc) is 3.55. The number of carbonyl (C=O) groups is 3. The Balaban J connectivity index is 1.32. The van der Waals surface area contributed by atoms with Gasteiger partial charge in [-0.15, -0.1) is 11.3 Å². The van der Waals surface area contributed by atoms with Crippen LogP contribution in [0.5, 0.6) is 5.75 Å². The lowest BCUT2D eigenvalue weighted by molar-refractivity contribution is 0.0475. The predicted molar refractivity (Wildman–Crippen MR) is 128 cm³/mol. The third kappa shape index (κ3) is 4.08. The zero-order chi connectivity index (χ0) is 23.8. The van der Waals surface area contributed by atoms with Crippen molar-refractivity contribution in [3.63, 3.8) is 0 Å². The fourth-order valence-corrected chi connectivity index (χ4v) is 5.06. The van der Waals surface area contributed by atoms with Crippen LogP contribution in [0.4, 0.5) is 5.13 Å². The number of hydrogen-bond acceptors (Lipinski definition) is 7. The Labute approximate surface area is 200 Å². The van der Waals surface area contributed by atoms with Crippen molar-refractivity contribution in [2.24, 2.45) is 0 Å². The van der Waals surface area contributed by atoms with E-state index in [-0.39, 0.29) is 29.7 Å². The van der Waals surface area contributed by atoms with E-state index in [2.05, 4.69) is 10.3 Å². The molecule has 1 aromatic heterocycles. The Morgan fingerprint density at radius 3 is 2.65 bits per heavy atom. The number of benzene rings is 2. The first-order valence-electron chi connectivity index (χ1n) is 11.0. The van der Waals surface area contributed by atoms with E-state index in [0.717, 1.165) is 34.7 Å². The second kappa shape index (κ2) is 9.00. The lowest BCUT2D eigenvalue weighted by Crippen LogP contribution is -2.36. The minimum atomic E-state index is -0.393. The summed E-state index contributed by atoms with van der Waals surface area (Å²) in [7, 11) is 1.61. The molecule has 1 N–H and O–H groups in total. The Kier molecular flexibility index (Phi) is 5.89. The van der Waals surface area contributed by atoms with Crippen LogP contribution in [-0.4, -0.2) is 54.0 Å². The zero-order valence-corrected chi connectivity index (χ0v) is 19.6. The van der Waals surface area contributed by atoms with E-state index in [1.54, 1.807) is 13.2 Å². The number of aromatic nitrogens is 1. The number of amides is 3. The van der Waals surface area contributed by atoms with Crippen LogP contribution in [0.1, 0.15) is 48.8 Å². The van der Waals surface area contributed by atoms with Gasteiger partial charge in [0.15, 0.2) is 5.13 Å². The number of carbonyl (C=O) groups excluding carboxylic acids is 3. The number of nitrogens with one attached hydrogen (secondary N) is 1. The highest BCUT2D eigenvalue weighted by Crippen LogP contribution is 2.32. The molecule has 9 heteroatoms. The third-order valence-electron chi connectivity index (χ3n) is 6.02. The van der Waals surface area contributed by atoms with E-state index >= 15 is 0 Å². The van der Waals surface area contributed by atoms with E-state index in [1.165, 1.54) is 28.4 Å². The molecular formula is C25H23N3O5S. The van der Waals surface area contributed by atoms with Gasteiger partial charge in [0.25, 0.3) is 17.7 Å². The molecule has 2 aliphatic rings. The molecule has 3 amide bonds. The molecule has 0 saturated carbocycles.